The summed E-state index contributed by atoms with van der Waals surface area (Å²) in [6.45, 7) is 4.54. The summed E-state index contributed by atoms with van der Waals surface area (Å²) < 4.78 is 0. The second-order valence-corrected chi connectivity index (χ2v) is 6.54. The van der Waals surface area contributed by atoms with Gasteiger partial charge in [-0.15, -0.1) is 11.4 Å². The molecule has 7 heavy (non-hydrogen) atoms. The van der Waals surface area contributed by atoms with Gasteiger partial charge in [0, 0.05) is 0 Å². The molecule has 0 heterocycles. The van der Waals surface area contributed by atoms with Gasteiger partial charge >= 0.3 is 0 Å². The van der Waals surface area contributed by atoms with Crippen molar-refractivity contribution in [3.63, 3.8) is 0 Å². The molecule has 0 amide bonds. The van der Waals surface area contributed by atoms with Crippen molar-refractivity contribution in [2.75, 3.05) is 18.6 Å². The maximum absolute atomic E-state index is 2.27. The molecule has 0 spiro atoms. The molecule has 0 aliphatic rings. The molecule has 0 saturated carbocycles. The lowest BCUT2D eigenvalue weighted by Crippen LogP contribution is -1.73. The summed E-state index contributed by atoms with van der Waals surface area (Å²) in [4.78, 5) is 0. The lowest BCUT2D eigenvalue weighted by atomic mass is 11.0. The van der Waals surface area contributed by atoms with Crippen molar-refractivity contribution < 1.29 is 0 Å². The van der Waals surface area contributed by atoms with Crippen LogP contribution < -0.4 is 0 Å². The predicted molar refractivity (Wildman–Crippen MR) is 41.5 cm³/mol. The molecule has 0 N–H and O–H groups in total. The Morgan fingerprint density at radius 1 is 1.29 bits per heavy atom. The van der Waals surface area contributed by atoms with Crippen LogP contribution >= 0.6 is 18.5 Å². The molecular weight excluding hydrogens is 123 g/mol. The summed E-state index contributed by atoms with van der Waals surface area (Å²) >= 11 is 2.03. The minimum Gasteiger partial charge on any atom is -0.138 e. The standard InChI is InChI=1S/C5H13PS/c1-4-6(5-2)7-3/h4-5H2,1-3H3. The zero-order valence-corrected chi connectivity index (χ0v) is 6.98. The van der Waals surface area contributed by atoms with Crippen molar-refractivity contribution in [3.05, 3.63) is 0 Å². The third-order valence-electron chi connectivity index (χ3n) is 0.964. The minimum absolute atomic E-state index is 0.363. The predicted octanol–water partition coefficient (Wildman–Crippen LogP) is 2.79. The maximum Gasteiger partial charge on any atom is -0.0142 e. The quantitative estimate of drug-likeness (QED) is 0.537. The van der Waals surface area contributed by atoms with Crippen LogP contribution in [0.3, 0.4) is 0 Å². The van der Waals surface area contributed by atoms with Crippen LogP contribution in [0.4, 0.5) is 0 Å². The summed E-state index contributed by atoms with van der Waals surface area (Å²) in [6.07, 6.45) is 4.97. The van der Waals surface area contributed by atoms with Crippen molar-refractivity contribution >= 4 is 18.5 Å². The first-order chi connectivity index (χ1) is 3.35. The van der Waals surface area contributed by atoms with Gasteiger partial charge in [0.05, 0.1) is 0 Å². The van der Waals surface area contributed by atoms with Gasteiger partial charge in [-0.25, -0.2) is 0 Å². The van der Waals surface area contributed by atoms with Gasteiger partial charge < -0.3 is 0 Å². The van der Waals surface area contributed by atoms with Crippen molar-refractivity contribution in [1.82, 2.24) is 0 Å². The highest BCUT2D eigenvalue weighted by atomic mass is 32.7. The summed E-state index contributed by atoms with van der Waals surface area (Å²) in [5.41, 5.74) is 0. The fraction of sp³-hybridized carbons (Fsp3) is 1.00. The van der Waals surface area contributed by atoms with Gasteiger partial charge in [-0.2, -0.15) is 0 Å². The van der Waals surface area contributed by atoms with E-state index in [1.54, 1.807) is 0 Å². The molecule has 0 bridgehead atoms. The van der Waals surface area contributed by atoms with Crippen molar-refractivity contribution in [2.45, 2.75) is 13.8 Å². The molecule has 0 aromatic rings. The molecule has 0 aliphatic carbocycles. The summed E-state index contributed by atoms with van der Waals surface area (Å²) in [6, 6.07) is 0. The number of hydrogen-bond donors (Lipinski definition) is 0. The lowest BCUT2D eigenvalue weighted by molar-refractivity contribution is 1.44. The Labute approximate surface area is 51.6 Å². The van der Waals surface area contributed by atoms with Crippen LogP contribution in [-0.2, 0) is 0 Å². The van der Waals surface area contributed by atoms with Crippen LogP contribution in [0.2, 0.25) is 0 Å². The Hall–Kier alpha value is 0.780. The second kappa shape index (κ2) is 4.93. The summed E-state index contributed by atoms with van der Waals surface area (Å²) in [7, 11) is 0.363. The Balaban J connectivity index is 2.99. The molecule has 0 saturated heterocycles. The van der Waals surface area contributed by atoms with Crippen molar-refractivity contribution in [1.29, 1.82) is 0 Å². The second-order valence-electron chi connectivity index (χ2n) is 1.30. The van der Waals surface area contributed by atoms with E-state index in [0.717, 1.165) is 0 Å². The molecule has 0 nitrogen and oxygen atoms in total. The molecule has 2 heteroatoms. The van der Waals surface area contributed by atoms with Gasteiger partial charge in [-0.3, -0.25) is 0 Å². The molecule has 44 valence electrons. The van der Waals surface area contributed by atoms with Crippen LogP contribution in [0.1, 0.15) is 13.8 Å². The molecule has 0 aromatic carbocycles. The molecule has 0 aromatic heterocycles. The third-order valence-corrected chi connectivity index (χ3v) is 5.99. The topological polar surface area (TPSA) is 0 Å². The van der Waals surface area contributed by atoms with Gasteiger partial charge in [0.1, 0.15) is 0 Å². The Kier molecular flexibility index (Phi) is 5.48. The van der Waals surface area contributed by atoms with Gasteiger partial charge in [0.15, 0.2) is 0 Å². The number of hydrogen-bond acceptors (Lipinski definition) is 1. The first-order valence-electron chi connectivity index (χ1n) is 2.64. The first kappa shape index (κ1) is 7.78. The fourth-order valence-corrected chi connectivity index (χ4v) is 2.99. The highest BCUT2D eigenvalue weighted by molar-refractivity contribution is 8.55. The molecule has 0 fully saturated rings. The summed E-state index contributed by atoms with van der Waals surface area (Å²) in [5, 5.41) is 0. The Bertz CT molecular complexity index is 29.6. The van der Waals surface area contributed by atoms with E-state index >= 15 is 0 Å². The van der Waals surface area contributed by atoms with E-state index in [2.05, 4.69) is 20.1 Å². The van der Waals surface area contributed by atoms with E-state index in [9.17, 15) is 0 Å². The largest absolute Gasteiger partial charge is 0.138 e. The normalized spacial score (nSPS) is 10.3. The summed E-state index contributed by atoms with van der Waals surface area (Å²) in [5.74, 6) is 0. The zero-order chi connectivity index (χ0) is 5.70. The third kappa shape index (κ3) is 3.37. The first-order valence-corrected chi connectivity index (χ1v) is 6.18. The van der Waals surface area contributed by atoms with Gasteiger partial charge in [0.25, 0.3) is 0 Å². The van der Waals surface area contributed by atoms with E-state index in [-0.39, 0.29) is 0 Å². The highest BCUT2D eigenvalue weighted by Crippen LogP contribution is 2.46. The highest BCUT2D eigenvalue weighted by Gasteiger charge is 1.95. The van der Waals surface area contributed by atoms with Gasteiger partial charge in [-0.05, 0) is 25.7 Å². The monoisotopic (exact) mass is 136 g/mol. The van der Waals surface area contributed by atoms with Gasteiger partial charge in [-0.1, -0.05) is 13.8 Å². The fourth-order valence-electron chi connectivity index (χ4n) is 0.482. The molecule has 0 atom stereocenters. The Morgan fingerprint density at radius 2 is 1.71 bits per heavy atom. The van der Waals surface area contributed by atoms with Crippen LogP contribution in [0, 0.1) is 0 Å². The van der Waals surface area contributed by atoms with Crippen LogP contribution in [-0.4, -0.2) is 18.6 Å². The molecule has 0 radical (unpaired) electrons. The molecular formula is C5H13PS. The maximum atomic E-state index is 2.27. The van der Waals surface area contributed by atoms with E-state index < -0.39 is 0 Å². The van der Waals surface area contributed by atoms with Crippen LogP contribution in [0.25, 0.3) is 0 Å². The average molecular weight is 136 g/mol. The Morgan fingerprint density at radius 3 is 1.71 bits per heavy atom. The lowest BCUT2D eigenvalue weighted by Gasteiger charge is -2.05. The minimum atomic E-state index is 0.363. The van der Waals surface area contributed by atoms with Crippen molar-refractivity contribution in [2.24, 2.45) is 0 Å². The van der Waals surface area contributed by atoms with E-state index in [0.29, 0.717) is 7.12 Å². The number of rotatable bonds is 3. The molecule has 0 aliphatic heterocycles. The zero-order valence-electron chi connectivity index (χ0n) is 5.27. The van der Waals surface area contributed by atoms with E-state index in [4.69, 9.17) is 0 Å². The van der Waals surface area contributed by atoms with E-state index in [1.165, 1.54) is 12.3 Å². The molecule has 0 unspecified atom stereocenters. The SMILES string of the molecule is CCP(CC)SC. The molecule has 0 rings (SSSR count). The van der Waals surface area contributed by atoms with Crippen LogP contribution in [0.5, 0.6) is 0 Å². The van der Waals surface area contributed by atoms with Crippen LogP contribution in [0.15, 0.2) is 0 Å². The van der Waals surface area contributed by atoms with Gasteiger partial charge in [0.2, 0.25) is 0 Å². The van der Waals surface area contributed by atoms with Crippen molar-refractivity contribution in [3.8, 4) is 0 Å². The average Bonchev–Trinajstić information content (AvgIpc) is 1.72. The smallest absolute Gasteiger partial charge is 0.0142 e. The van der Waals surface area contributed by atoms with E-state index in [1.807, 2.05) is 11.4 Å².